The fourth-order valence-corrected chi connectivity index (χ4v) is 2.50. The van der Waals surface area contributed by atoms with Gasteiger partial charge in [-0.3, -0.25) is 0 Å². The van der Waals surface area contributed by atoms with Crippen LogP contribution in [-0.4, -0.2) is 43.1 Å². The number of aromatic nitrogens is 3. The number of fused-ring (bicyclic) bond motifs is 1. The lowest BCUT2D eigenvalue weighted by atomic mass is 10.0. The maximum atomic E-state index is 10.4. The molecule has 6 nitrogen and oxygen atoms in total. The third kappa shape index (κ3) is 1.69. The molecule has 6 heteroatoms. The van der Waals surface area contributed by atoms with Crippen LogP contribution in [0.25, 0.3) is 11.0 Å². The zero-order valence-corrected chi connectivity index (χ0v) is 10.0. The minimum Gasteiger partial charge on any atom is -0.394 e. The van der Waals surface area contributed by atoms with Crippen LogP contribution in [0, 0.1) is 0 Å². The number of hydrogen-bond acceptors (Lipinski definition) is 5. The van der Waals surface area contributed by atoms with Gasteiger partial charge in [0.25, 0.3) is 0 Å². The fourth-order valence-electron chi connectivity index (χ4n) is 2.50. The van der Waals surface area contributed by atoms with Crippen LogP contribution in [0.2, 0.25) is 0 Å². The van der Waals surface area contributed by atoms with E-state index in [4.69, 9.17) is 9.84 Å². The van der Waals surface area contributed by atoms with E-state index < -0.39 is 11.8 Å². The van der Waals surface area contributed by atoms with Gasteiger partial charge in [-0.25, -0.2) is 9.97 Å². The molecule has 96 valence electrons. The predicted octanol–water partition coefficient (Wildman–Crippen LogP) is 0.462. The van der Waals surface area contributed by atoms with Gasteiger partial charge in [0.2, 0.25) is 0 Å². The molecule has 2 aromatic heterocycles. The molecule has 0 unspecified atom stereocenters. The summed E-state index contributed by atoms with van der Waals surface area (Å²) in [5, 5.41) is 20.4. The molecule has 0 spiro atoms. The van der Waals surface area contributed by atoms with Gasteiger partial charge in [0, 0.05) is 24.2 Å². The summed E-state index contributed by atoms with van der Waals surface area (Å²) in [6.07, 6.45) is 4.52. The van der Waals surface area contributed by atoms with E-state index >= 15 is 0 Å². The Labute approximate surface area is 104 Å². The maximum Gasteiger partial charge on any atom is 0.164 e. The van der Waals surface area contributed by atoms with Crippen molar-refractivity contribution in [2.24, 2.45) is 0 Å². The highest BCUT2D eigenvalue weighted by atomic mass is 16.5. The Bertz CT molecular complexity index is 566. The highest BCUT2D eigenvalue weighted by Gasteiger charge is 2.45. The van der Waals surface area contributed by atoms with Gasteiger partial charge in [-0.05, 0) is 13.0 Å². The molecule has 3 heterocycles. The molecule has 0 radical (unpaired) electrons. The van der Waals surface area contributed by atoms with Crippen molar-refractivity contribution in [1.82, 2.24) is 14.5 Å². The molecule has 1 aliphatic rings. The van der Waals surface area contributed by atoms with Crippen LogP contribution in [-0.2, 0) is 4.74 Å². The van der Waals surface area contributed by atoms with Crippen molar-refractivity contribution < 1.29 is 14.9 Å². The summed E-state index contributed by atoms with van der Waals surface area (Å²) < 4.78 is 7.47. The molecule has 0 bridgehead atoms. The molecule has 3 atom stereocenters. The molecule has 2 N–H and O–H groups in total. The van der Waals surface area contributed by atoms with Crippen molar-refractivity contribution in [2.45, 2.75) is 31.3 Å². The normalized spacial score (nSPS) is 32.2. The van der Waals surface area contributed by atoms with E-state index in [1.165, 1.54) is 6.33 Å². The molecule has 3 rings (SSSR count). The second kappa shape index (κ2) is 4.01. The van der Waals surface area contributed by atoms with E-state index in [2.05, 4.69) is 9.97 Å². The van der Waals surface area contributed by atoms with Crippen LogP contribution in [0.5, 0.6) is 0 Å². The molecular weight excluding hydrogens is 234 g/mol. The molecular formula is C12H15N3O3. The van der Waals surface area contributed by atoms with Crippen molar-refractivity contribution in [3.8, 4) is 0 Å². The predicted molar refractivity (Wildman–Crippen MR) is 63.8 cm³/mol. The average Bonchev–Trinajstić information content (AvgIpc) is 2.89. The van der Waals surface area contributed by atoms with Gasteiger partial charge in [-0.2, -0.15) is 0 Å². The van der Waals surface area contributed by atoms with Crippen molar-refractivity contribution >= 4 is 11.0 Å². The first kappa shape index (κ1) is 11.6. The molecule has 1 saturated heterocycles. The number of hydrogen-bond donors (Lipinski definition) is 2. The summed E-state index contributed by atoms with van der Waals surface area (Å²) in [7, 11) is 0. The highest BCUT2D eigenvalue weighted by molar-refractivity contribution is 5.74. The van der Waals surface area contributed by atoms with Crippen LogP contribution < -0.4 is 0 Å². The Balaban J connectivity index is 2.04. The summed E-state index contributed by atoms with van der Waals surface area (Å²) >= 11 is 0. The summed E-state index contributed by atoms with van der Waals surface area (Å²) in [5.41, 5.74) is -0.307. The SMILES string of the molecule is C[C@]1(O)C[C@@H](CO)O[C@H]1n1ccc2cncnc21. The number of rotatable bonds is 2. The van der Waals surface area contributed by atoms with Crippen LogP contribution in [0.4, 0.5) is 0 Å². The number of nitrogens with zero attached hydrogens (tertiary/aromatic N) is 3. The fraction of sp³-hybridized carbons (Fsp3) is 0.500. The first-order chi connectivity index (χ1) is 8.62. The third-order valence-electron chi connectivity index (χ3n) is 3.33. The van der Waals surface area contributed by atoms with Crippen molar-refractivity contribution in [3.63, 3.8) is 0 Å². The van der Waals surface area contributed by atoms with Crippen molar-refractivity contribution in [3.05, 3.63) is 24.8 Å². The highest BCUT2D eigenvalue weighted by Crippen LogP contribution is 2.38. The van der Waals surface area contributed by atoms with E-state index in [9.17, 15) is 5.11 Å². The van der Waals surface area contributed by atoms with E-state index in [0.29, 0.717) is 12.1 Å². The zero-order valence-electron chi connectivity index (χ0n) is 10.0. The number of aliphatic hydroxyl groups is 2. The van der Waals surface area contributed by atoms with Crippen LogP contribution in [0.3, 0.4) is 0 Å². The average molecular weight is 249 g/mol. The second-order valence-electron chi connectivity index (χ2n) is 4.88. The lowest BCUT2D eigenvalue weighted by Crippen LogP contribution is -2.31. The Morgan fingerprint density at radius 1 is 1.61 bits per heavy atom. The second-order valence-corrected chi connectivity index (χ2v) is 4.88. The first-order valence-corrected chi connectivity index (χ1v) is 5.87. The Hall–Kier alpha value is -1.50. The van der Waals surface area contributed by atoms with E-state index in [-0.39, 0.29) is 12.7 Å². The lowest BCUT2D eigenvalue weighted by Gasteiger charge is -2.25. The smallest absolute Gasteiger partial charge is 0.164 e. The third-order valence-corrected chi connectivity index (χ3v) is 3.33. The topological polar surface area (TPSA) is 80.4 Å². The molecule has 0 saturated carbocycles. The van der Waals surface area contributed by atoms with E-state index in [0.717, 1.165) is 5.39 Å². The lowest BCUT2D eigenvalue weighted by molar-refractivity contribution is -0.0852. The van der Waals surface area contributed by atoms with Gasteiger partial charge in [0.1, 0.15) is 17.6 Å². The maximum absolute atomic E-state index is 10.4. The minimum absolute atomic E-state index is 0.0964. The van der Waals surface area contributed by atoms with E-state index in [1.807, 2.05) is 12.3 Å². The van der Waals surface area contributed by atoms with Crippen molar-refractivity contribution in [1.29, 1.82) is 0 Å². The van der Waals surface area contributed by atoms with Gasteiger partial charge in [0.05, 0.1) is 12.7 Å². The first-order valence-electron chi connectivity index (χ1n) is 5.87. The monoisotopic (exact) mass is 249 g/mol. The standard InChI is InChI=1S/C12H15N3O3/c1-12(17)4-9(6-16)18-11(12)15-3-2-8-5-13-7-14-10(8)15/h2-3,5,7,9,11,16-17H,4,6H2,1H3/t9-,11+,12-/m0/s1. The van der Waals surface area contributed by atoms with Gasteiger partial charge >= 0.3 is 0 Å². The molecule has 0 aromatic carbocycles. The number of ether oxygens (including phenoxy) is 1. The van der Waals surface area contributed by atoms with Gasteiger partial charge in [-0.15, -0.1) is 0 Å². The quantitative estimate of drug-likeness (QED) is 0.808. The Morgan fingerprint density at radius 2 is 2.44 bits per heavy atom. The van der Waals surface area contributed by atoms with Crippen LogP contribution in [0.15, 0.2) is 24.8 Å². The summed E-state index contributed by atoms with van der Waals surface area (Å²) in [6, 6.07) is 1.88. The van der Waals surface area contributed by atoms with Gasteiger partial charge < -0.3 is 19.5 Å². The number of aliphatic hydroxyl groups excluding tert-OH is 1. The Morgan fingerprint density at radius 3 is 3.17 bits per heavy atom. The summed E-state index contributed by atoms with van der Waals surface area (Å²) in [6.45, 7) is 1.61. The van der Waals surface area contributed by atoms with Gasteiger partial charge in [-0.1, -0.05) is 0 Å². The molecule has 18 heavy (non-hydrogen) atoms. The van der Waals surface area contributed by atoms with Crippen molar-refractivity contribution in [2.75, 3.05) is 6.61 Å². The molecule has 1 fully saturated rings. The van der Waals surface area contributed by atoms with Crippen LogP contribution in [0.1, 0.15) is 19.6 Å². The van der Waals surface area contributed by atoms with E-state index in [1.54, 1.807) is 17.7 Å². The minimum atomic E-state index is -1.02. The largest absolute Gasteiger partial charge is 0.394 e. The molecule has 0 aliphatic carbocycles. The molecule has 0 amide bonds. The van der Waals surface area contributed by atoms with Crippen LogP contribution >= 0.6 is 0 Å². The molecule has 2 aromatic rings. The zero-order chi connectivity index (χ0) is 12.8. The molecule has 1 aliphatic heterocycles. The van der Waals surface area contributed by atoms with Gasteiger partial charge in [0.15, 0.2) is 6.23 Å². The summed E-state index contributed by atoms with van der Waals surface area (Å²) in [4.78, 5) is 8.15. The summed E-state index contributed by atoms with van der Waals surface area (Å²) in [5.74, 6) is 0. The Kier molecular flexibility index (Phi) is 2.58.